The fourth-order valence-electron chi connectivity index (χ4n) is 2.82. The molecular weight excluding hydrogens is 486 g/mol. The highest BCUT2D eigenvalue weighted by Crippen LogP contribution is 2.45. The van der Waals surface area contributed by atoms with Crippen molar-refractivity contribution in [1.82, 2.24) is 9.99 Å². The van der Waals surface area contributed by atoms with E-state index in [9.17, 15) is 18.7 Å². The molecule has 0 unspecified atom stereocenters. The van der Waals surface area contributed by atoms with Gasteiger partial charge in [0.15, 0.2) is 12.2 Å². The number of hydrogen-bond donors (Lipinski definition) is 3. The van der Waals surface area contributed by atoms with Crippen LogP contribution in [0, 0.1) is 0 Å². The molecule has 0 amide bonds. The Morgan fingerprint density at radius 3 is 1.76 bits per heavy atom. The monoisotopic (exact) mass is 522 g/mol. The number of nitrogens with zero attached hydrogens (tertiary/aromatic N) is 1. The van der Waals surface area contributed by atoms with Crippen LogP contribution in [0.4, 0.5) is 0 Å². The fraction of sp³-hybridized carbons (Fsp3) is 0.882. The Hall–Kier alpha value is -0.920. The van der Waals surface area contributed by atoms with Gasteiger partial charge in [0.2, 0.25) is 6.29 Å². The van der Waals surface area contributed by atoms with Crippen LogP contribution >= 0.6 is 15.6 Å². The van der Waals surface area contributed by atoms with Gasteiger partial charge in [-0.3, -0.25) is 14.1 Å². The third-order valence-electron chi connectivity index (χ3n) is 4.42. The van der Waals surface area contributed by atoms with E-state index >= 15 is 0 Å². The van der Waals surface area contributed by atoms with E-state index in [-0.39, 0.29) is 0 Å². The molecule has 1 aliphatic rings. The van der Waals surface area contributed by atoms with Crippen LogP contribution in [0.2, 0.25) is 0 Å². The summed E-state index contributed by atoms with van der Waals surface area (Å²) in [5.74, 6) is -1.67. The topological polar surface area (TPSA) is 179 Å². The van der Waals surface area contributed by atoms with Crippen LogP contribution < -0.4 is 5.09 Å². The van der Waals surface area contributed by atoms with Crippen molar-refractivity contribution in [1.29, 1.82) is 0 Å². The summed E-state index contributed by atoms with van der Waals surface area (Å²) in [4.78, 5) is 43.1. The van der Waals surface area contributed by atoms with E-state index in [2.05, 4.69) is 35.3 Å². The van der Waals surface area contributed by atoms with Crippen LogP contribution in [-0.4, -0.2) is 91.6 Å². The molecule has 14 nitrogen and oxygen atoms in total. The fourth-order valence-corrected chi connectivity index (χ4v) is 4.26. The third kappa shape index (κ3) is 12.4. The average molecular weight is 522 g/mol. The standard InChI is InChI=1S/C11H21NO12P2.C6H15N/c1-6(13)22-9-8(12-25(15,19-3)20-4)5-21-11(24-26(16,17)18)10(9)23-7(2)14;1-4-7(5-2)6-3/h8-11H,5H2,1-4H3,(H,12,15)(H2,16,17,18);4-6H2,1-3H3/t8-,9-,10+,11+;/m0./s1. The molecule has 0 aromatic rings. The highest BCUT2D eigenvalue weighted by Gasteiger charge is 2.49. The van der Waals surface area contributed by atoms with Gasteiger partial charge in [0, 0.05) is 28.1 Å². The van der Waals surface area contributed by atoms with Gasteiger partial charge in [-0.25, -0.2) is 14.2 Å². The minimum Gasteiger partial charge on any atom is -0.457 e. The molecule has 1 heterocycles. The molecule has 16 heteroatoms. The number of carbonyl (C=O) groups is 2. The van der Waals surface area contributed by atoms with Gasteiger partial charge in [-0.1, -0.05) is 20.8 Å². The molecule has 0 spiro atoms. The lowest BCUT2D eigenvalue weighted by atomic mass is 10.0. The lowest BCUT2D eigenvalue weighted by Gasteiger charge is -2.41. The van der Waals surface area contributed by atoms with Gasteiger partial charge in [0.25, 0.3) is 0 Å². The number of hydrogen-bond acceptors (Lipinski definition) is 11. The number of carbonyl (C=O) groups excluding carboxylic acids is 2. The molecular formula is C17H36N2O12P2. The quantitative estimate of drug-likeness (QED) is 0.258. The zero-order valence-electron chi connectivity index (χ0n) is 20.0. The number of rotatable bonds is 11. The molecule has 0 aromatic heterocycles. The van der Waals surface area contributed by atoms with E-state index < -0.39 is 58.7 Å². The molecule has 196 valence electrons. The SMILES string of the molecule is CCN(CC)CC.COP(=O)(N[C@H]1CO[C@H](OP(=O)(O)O)[C@H](OC(C)=O)[C@H]1OC(C)=O)OC. The summed E-state index contributed by atoms with van der Waals surface area (Å²) in [5.41, 5.74) is 0. The first-order chi connectivity index (χ1) is 15.2. The van der Waals surface area contributed by atoms with Gasteiger partial charge < -0.3 is 37.9 Å². The van der Waals surface area contributed by atoms with E-state index in [4.69, 9.17) is 33.0 Å². The first kappa shape index (κ1) is 32.1. The first-order valence-electron chi connectivity index (χ1n) is 10.2. The predicted octanol–water partition coefficient (Wildman–Crippen LogP) is 1.02. The maximum absolute atomic E-state index is 12.3. The van der Waals surface area contributed by atoms with Crippen LogP contribution in [0.5, 0.6) is 0 Å². The lowest BCUT2D eigenvalue weighted by molar-refractivity contribution is -0.239. The molecule has 0 saturated carbocycles. The second-order valence-corrected chi connectivity index (χ2v) is 9.84. The zero-order chi connectivity index (χ0) is 25.8. The van der Waals surface area contributed by atoms with Crippen molar-refractivity contribution in [2.45, 2.75) is 59.2 Å². The third-order valence-corrected chi connectivity index (χ3v) is 6.51. The zero-order valence-corrected chi connectivity index (χ0v) is 21.7. The van der Waals surface area contributed by atoms with Crippen LogP contribution in [0.15, 0.2) is 0 Å². The highest BCUT2D eigenvalue weighted by atomic mass is 31.2. The second kappa shape index (κ2) is 15.2. The van der Waals surface area contributed by atoms with Gasteiger partial charge in [0.05, 0.1) is 12.6 Å². The van der Waals surface area contributed by atoms with Crippen molar-refractivity contribution in [2.24, 2.45) is 0 Å². The summed E-state index contributed by atoms with van der Waals surface area (Å²) in [6, 6.07) is -1.08. The number of esters is 2. The Labute approximate surface area is 194 Å². The van der Waals surface area contributed by atoms with Crippen LogP contribution in [-0.2, 0) is 46.5 Å². The average Bonchev–Trinajstić information content (AvgIpc) is 2.72. The van der Waals surface area contributed by atoms with Gasteiger partial charge in [0.1, 0.15) is 0 Å². The summed E-state index contributed by atoms with van der Waals surface area (Å²) in [7, 11) is -6.63. The second-order valence-electron chi connectivity index (χ2n) is 6.66. The van der Waals surface area contributed by atoms with Gasteiger partial charge in [-0.2, -0.15) is 0 Å². The summed E-state index contributed by atoms with van der Waals surface area (Å²) in [6.07, 6.45) is -4.69. The van der Waals surface area contributed by atoms with E-state index in [0.717, 1.165) is 28.1 Å². The molecule has 1 fully saturated rings. The van der Waals surface area contributed by atoms with Crippen molar-refractivity contribution in [3.8, 4) is 0 Å². The predicted molar refractivity (Wildman–Crippen MR) is 116 cm³/mol. The largest absolute Gasteiger partial charge is 0.472 e. The number of ether oxygens (including phenoxy) is 3. The molecule has 4 atom stereocenters. The van der Waals surface area contributed by atoms with Crippen LogP contribution in [0.1, 0.15) is 34.6 Å². The van der Waals surface area contributed by atoms with Crippen molar-refractivity contribution in [3.63, 3.8) is 0 Å². The first-order valence-corrected chi connectivity index (χ1v) is 13.2. The molecule has 0 radical (unpaired) electrons. The minimum absolute atomic E-state index is 0.392. The smallest absolute Gasteiger partial charge is 0.457 e. The van der Waals surface area contributed by atoms with Crippen LogP contribution in [0.25, 0.3) is 0 Å². The Kier molecular flexibility index (Phi) is 14.7. The Morgan fingerprint density at radius 1 is 0.970 bits per heavy atom. The molecule has 0 bridgehead atoms. The molecule has 1 saturated heterocycles. The van der Waals surface area contributed by atoms with Gasteiger partial charge in [-0.15, -0.1) is 0 Å². The summed E-state index contributed by atoms with van der Waals surface area (Å²) < 4.78 is 52.5. The van der Waals surface area contributed by atoms with Crippen molar-refractivity contribution in [3.05, 3.63) is 0 Å². The molecule has 0 aromatic carbocycles. The minimum atomic E-state index is -5.03. The molecule has 0 aliphatic carbocycles. The summed E-state index contributed by atoms with van der Waals surface area (Å²) in [6.45, 7) is 11.8. The van der Waals surface area contributed by atoms with E-state index in [0.29, 0.717) is 0 Å². The van der Waals surface area contributed by atoms with Crippen LogP contribution in [0.3, 0.4) is 0 Å². The number of phosphoric ester groups is 1. The highest BCUT2D eigenvalue weighted by molar-refractivity contribution is 7.51. The van der Waals surface area contributed by atoms with Crippen molar-refractivity contribution >= 4 is 27.5 Å². The van der Waals surface area contributed by atoms with E-state index in [1.165, 1.54) is 19.6 Å². The molecule has 33 heavy (non-hydrogen) atoms. The van der Waals surface area contributed by atoms with Gasteiger partial charge in [-0.05, 0) is 19.6 Å². The maximum Gasteiger partial charge on any atom is 0.472 e. The summed E-state index contributed by atoms with van der Waals surface area (Å²) >= 11 is 0. The van der Waals surface area contributed by atoms with E-state index in [1.807, 2.05) is 0 Å². The molecule has 3 N–H and O–H groups in total. The van der Waals surface area contributed by atoms with Crippen molar-refractivity contribution < 1.29 is 56.3 Å². The normalized spacial score (nSPS) is 23.5. The Bertz CT molecular complexity index is 686. The number of phosphoric acid groups is 1. The lowest BCUT2D eigenvalue weighted by Crippen LogP contribution is -2.60. The Morgan fingerprint density at radius 2 is 1.42 bits per heavy atom. The van der Waals surface area contributed by atoms with Crippen molar-refractivity contribution in [2.75, 3.05) is 40.5 Å². The van der Waals surface area contributed by atoms with E-state index in [1.54, 1.807) is 0 Å². The molecule has 1 aliphatic heterocycles. The maximum atomic E-state index is 12.3. The number of nitrogens with one attached hydrogen (secondary N) is 1. The van der Waals surface area contributed by atoms with Gasteiger partial charge >= 0.3 is 27.5 Å². The summed E-state index contributed by atoms with van der Waals surface area (Å²) in [5, 5.41) is 2.44. The Balaban J connectivity index is 0.00000126. The molecule has 1 rings (SSSR count).